The highest BCUT2D eigenvalue weighted by Crippen LogP contribution is 2.36. The molecule has 0 fully saturated rings. The summed E-state index contributed by atoms with van der Waals surface area (Å²) in [6.45, 7) is 0. The van der Waals surface area contributed by atoms with E-state index in [9.17, 15) is 26.0 Å². The number of benzene rings is 1. The standard InChI is InChI=1S/C20H13F4N5O2S/c21-10-32(30,31)14-5-3-13(4-6-14)29-19-18-16(27-11-28-19)8-12(9-26-18)17-15(20(22,23)24)2-1-7-25-17/h1-9,11H,10H2,(H,27,28,29). The summed E-state index contributed by atoms with van der Waals surface area (Å²) >= 11 is 0. The summed E-state index contributed by atoms with van der Waals surface area (Å²) in [7, 11) is -3.99. The second-order valence-corrected chi connectivity index (χ2v) is 8.50. The van der Waals surface area contributed by atoms with Crippen LogP contribution in [0.5, 0.6) is 0 Å². The topological polar surface area (TPSA) is 97.7 Å². The summed E-state index contributed by atoms with van der Waals surface area (Å²) in [5.41, 5.74) is -0.0331. The van der Waals surface area contributed by atoms with Crippen LogP contribution in [0.2, 0.25) is 0 Å². The van der Waals surface area contributed by atoms with Gasteiger partial charge < -0.3 is 5.32 Å². The molecular formula is C20H13F4N5O2S. The molecule has 0 amide bonds. The lowest BCUT2D eigenvalue weighted by Crippen LogP contribution is -2.08. The molecule has 0 bridgehead atoms. The molecule has 164 valence electrons. The zero-order valence-electron chi connectivity index (χ0n) is 16.0. The Balaban J connectivity index is 1.70. The second kappa shape index (κ2) is 8.11. The van der Waals surface area contributed by atoms with Gasteiger partial charge in [0.15, 0.2) is 11.8 Å². The third-order valence-electron chi connectivity index (χ3n) is 4.48. The molecule has 1 N–H and O–H groups in total. The molecule has 4 aromatic rings. The van der Waals surface area contributed by atoms with Crippen molar-refractivity contribution in [2.24, 2.45) is 0 Å². The molecule has 0 aliphatic rings. The van der Waals surface area contributed by atoms with Crippen LogP contribution in [0, 0.1) is 0 Å². The van der Waals surface area contributed by atoms with Crippen molar-refractivity contribution in [3.05, 3.63) is 66.7 Å². The highest BCUT2D eigenvalue weighted by atomic mass is 32.2. The first-order chi connectivity index (χ1) is 15.2. The average Bonchev–Trinajstić information content (AvgIpc) is 2.79. The van der Waals surface area contributed by atoms with E-state index >= 15 is 0 Å². The number of anilines is 2. The van der Waals surface area contributed by atoms with E-state index in [1.165, 1.54) is 55.1 Å². The lowest BCUT2D eigenvalue weighted by molar-refractivity contribution is -0.137. The van der Waals surface area contributed by atoms with Crippen molar-refractivity contribution in [3.8, 4) is 11.3 Å². The number of nitrogens with one attached hydrogen (secondary N) is 1. The third kappa shape index (κ3) is 4.21. The van der Waals surface area contributed by atoms with Gasteiger partial charge in [-0.25, -0.2) is 27.8 Å². The molecule has 0 aliphatic carbocycles. The fraction of sp³-hybridized carbons (Fsp3) is 0.100. The molecule has 12 heteroatoms. The first kappa shape index (κ1) is 21.6. The van der Waals surface area contributed by atoms with Crippen LogP contribution >= 0.6 is 0 Å². The summed E-state index contributed by atoms with van der Waals surface area (Å²) in [4.78, 5) is 16.1. The van der Waals surface area contributed by atoms with E-state index in [1.807, 2.05) is 0 Å². The smallest absolute Gasteiger partial charge is 0.338 e. The van der Waals surface area contributed by atoms with E-state index in [4.69, 9.17) is 0 Å². The minimum absolute atomic E-state index is 0.135. The maximum Gasteiger partial charge on any atom is 0.418 e. The predicted octanol–water partition coefficient (Wildman–Crippen LogP) is 4.55. The highest BCUT2D eigenvalue weighted by Gasteiger charge is 2.34. The monoisotopic (exact) mass is 463 g/mol. The Morgan fingerprint density at radius 3 is 2.41 bits per heavy atom. The molecule has 0 unspecified atom stereocenters. The van der Waals surface area contributed by atoms with Crippen molar-refractivity contribution < 1.29 is 26.0 Å². The first-order valence-electron chi connectivity index (χ1n) is 8.98. The van der Waals surface area contributed by atoms with E-state index in [-0.39, 0.29) is 33.0 Å². The number of alkyl halides is 4. The third-order valence-corrected chi connectivity index (χ3v) is 5.76. The van der Waals surface area contributed by atoms with Crippen molar-refractivity contribution in [1.82, 2.24) is 19.9 Å². The Labute approximate surface area is 179 Å². The number of sulfone groups is 1. The molecule has 7 nitrogen and oxygen atoms in total. The second-order valence-electron chi connectivity index (χ2n) is 6.58. The lowest BCUT2D eigenvalue weighted by Gasteiger charge is -2.12. The Morgan fingerprint density at radius 2 is 1.72 bits per heavy atom. The summed E-state index contributed by atoms with van der Waals surface area (Å²) in [5, 5.41) is 2.94. The van der Waals surface area contributed by atoms with Crippen molar-refractivity contribution in [2.45, 2.75) is 11.1 Å². The molecule has 0 spiro atoms. The lowest BCUT2D eigenvalue weighted by atomic mass is 10.1. The summed E-state index contributed by atoms with van der Waals surface area (Å²) in [6, 6.07) is 7.39. The number of halogens is 4. The zero-order chi connectivity index (χ0) is 22.9. The van der Waals surface area contributed by atoms with Gasteiger partial charge >= 0.3 is 6.18 Å². The van der Waals surface area contributed by atoms with Gasteiger partial charge in [0.05, 0.1) is 21.7 Å². The normalized spacial score (nSPS) is 12.1. The predicted molar refractivity (Wildman–Crippen MR) is 108 cm³/mol. The maximum atomic E-state index is 13.3. The molecule has 4 rings (SSSR count). The molecular weight excluding hydrogens is 450 g/mol. The summed E-state index contributed by atoms with van der Waals surface area (Å²) in [6.07, 6.45) is -0.875. The highest BCUT2D eigenvalue weighted by molar-refractivity contribution is 7.91. The van der Waals surface area contributed by atoms with E-state index < -0.39 is 27.6 Å². The van der Waals surface area contributed by atoms with Gasteiger partial charge in [-0.3, -0.25) is 4.98 Å². The van der Waals surface area contributed by atoms with Gasteiger partial charge in [0.2, 0.25) is 9.84 Å². The number of hydrogen-bond acceptors (Lipinski definition) is 7. The van der Waals surface area contributed by atoms with Crippen molar-refractivity contribution >= 4 is 32.4 Å². The quantitative estimate of drug-likeness (QED) is 0.434. The van der Waals surface area contributed by atoms with Crippen LogP contribution in [0.25, 0.3) is 22.3 Å². The van der Waals surface area contributed by atoms with Crippen molar-refractivity contribution in [2.75, 3.05) is 11.3 Å². The minimum Gasteiger partial charge on any atom is -0.338 e. The number of aromatic nitrogens is 4. The van der Waals surface area contributed by atoms with Gasteiger partial charge in [-0.1, -0.05) is 0 Å². The molecule has 0 aliphatic heterocycles. The molecule has 1 aromatic carbocycles. The Hall–Kier alpha value is -3.67. The minimum atomic E-state index is -4.58. The maximum absolute atomic E-state index is 13.3. The van der Waals surface area contributed by atoms with Crippen molar-refractivity contribution in [3.63, 3.8) is 0 Å². The number of rotatable bonds is 5. The van der Waals surface area contributed by atoms with Gasteiger partial charge in [0.1, 0.15) is 11.8 Å². The van der Waals surface area contributed by atoms with E-state index in [0.29, 0.717) is 5.69 Å². The van der Waals surface area contributed by atoms with Gasteiger partial charge in [-0.05, 0) is 42.5 Å². The Bertz CT molecular complexity index is 1390. The van der Waals surface area contributed by atoms with Crippen LogP contribution in [-0.2, 0) is 16.0 Å². The molecule has 0 saturated carbocycles. The van der Waals surface area contributed by atoms with E-state index in [1.54, 1.807) is 0 Å². The molecule has 3 aromatic heterocycles. The summed E-state index contributed by atoms with van der Waals surface area (Å²) < 4.78 is 75.8. The van der Waals surface area contributed by atoms with Gasteiger partial charge in [-0.2, -0.15) is 13.2 Å². The molecule has 3 heterocycles. The first-order valence-corrected chi connectivity index (χ1v) is 10.6. The summed E-state index contributed by atoms with van der Waals surface area (Å²) in [5.74, 6) is 0.250. The molecule has 0 saturated heterocycles. The molecule has 32 heavy (non-hydrogen) atoms. The molecule has 0 radical (unpaired) electrons. The SMILES string of the molecule is O=S(=O)(CF)c1ccc(Nc2ncnc3cc(-c4ncccc4C(F)(F)F)cnc23)cc1. The number of fused-ring (bicyclic) bond motifs is 1. The fourth-order valence-electron chi connectivity index (χ4n) is 2.97. The number of hydrogen-bond donors (Lipinski definition) is 1. The van der Waals surface area contributed by atoms with E-state index in [2.05, 4.69) is 25.3 Å². The zero-order valence-corrected chi connectivity index (χ0v) is 16.8. The van der Waals surface area contributed by atoms with Gasteiger partial charge in [0.25, 0.3) is 0 Å². The van der Waals surface area contributed by atoms with Crippen molar-refractivity contribution in [1.29, 1.82) is 0 Å². The Kier molecular flexibility index (Phi) is 5.46. The van der Waals surface area contributed by atoms with E-state index in [0.717, 1.165) is 6.07 Å². The van der Waals surface area contributed by atoms with Crippen LogP contribution in [0.4, 0.5) is 29.1 Å². The van der Waals surface area contributed by atoms with Crippen LogP contribution < -0.4 is 5.32 Å². The number of pyridine rings is 2. The molecule has 0 atom stereocenters. The number of nitrogens with zero attached hydrogens (tertiary/aromatic N) is 4. The Morgan fingerprint density at radius 1 is 0.969 bits per heavy atom. The van der Waals surface area contributed by atoms with Crippen LogP contribution in [-0.4, -0.2) is 34.4 Å². The van der Waals surface area contributed by atoms with Gasteiger partial charge in [0, 0.05) is 23.6 Å². The largest absolute Gasteiger partial charge is 0.418 e. The van der Waals surface area contributed by atoms with Crippen LogP contribution in [0.15, 0.2) is 66.1 Å². The van der Waals surface area contributed by atoms with Crippen LogP contribution in [0.3, 0.4) is 0 Å². The fourth-order valence-corrected chi connectivity index (χ4v) is 3.65. The average molecular weight is 463 g/mol. The van der Waals surface area contributed by atoms with Crippen LogP contribution in [0.1, 0.15) is 5.56 Å². The van der Waals surface area contributed by atoms with Gasteiger partial charge in [-0.15, -0.1) is 0 Å².